The van der Waals surface area contributed by atoms with Crippen molar-refractivity contribution >= 4 is 172 Å². The molecule has 5 aliphatic rings. The molecule has 0 saturated carbocycles. The normalized spacial score (nSPS) is 15.8. The first-order valence-corrected chi connectivity index (χ1v) is 36.7. The van der Waals surface area contributed by atoms with Gasteiger partial charge in [-0.2, -0.15) is 0 Å². The third-order valence-electron chi connectivity index (χ3n) is 18.2. The van der Waals surface area contributed by atoms with E-state index in [0.717, 1.165) is 209 Å². The lowest BCUT2D eigenvalue weighted by Crippen LogP contribution is -2.40. The van der Waals surface area contributed by atoms with Crippen molar-refractivity contribution in [2.45, 2.75) is 115 Å². The van der Waals surface area contributed by atoms with Crippen LogP contribution in [-0.2, 0) is 34.0 Å². The molecule has 30 heteroatoms. The lowest BCUT2D eigenvalue weighted by atomic mass is 9.93. The number of piperidine rings is 3. The van der Waals surface area contributed by atoms with Crippen molar-refractivity contribution in [3.05, 3.63) is 97.7 Å². The summed E-state index contributed by atoms with van der Waals surface area (Å²) in [6.45, 7) is 8.93. The maximum atomic E-state index is 11.7. The van der Waals surface area contributed by atoms with E-state index in [1.165, 1.54) is 11.8 Å². The zero-order valence-electron chi connectivity index (χ0n) is 52.4. The maximum Gasteiger partial charge on any atom is 0.248 e. The number of nitrogens with zero attached hydrogens (tertiary/aromatic N) is 12. The van der Waals surface area contributed by atoms with Crippen LogP contribution in [-0.4, -0.2) is 141 Å². The van der Waals surface area contributed by atoms with Gasteiger partial charge in [-0.3, -0.25) is 14.4 Å². The van der Waals surface area contributed by atoms with E-state index in [-0.39, 0.29) is 25.4 Å². The average molecular weight is 1600 g/mol. The predicted molar refractivity (Wildman–Crippen MR) is 386 cm³/mol. The summed E-state index contributed by atoms with van der Waals surface area (Å²) in [7, 11) is 0. The fourth-order valence-electron chi connectivity index (χ4n) is 12.7. The van der Waals surface area contributed by atoms with Crippen molar-refractivity contribution in [1.82, 2.24) is 58.3 Å². The number of carbonyl (C=O) groups excluding carboxylic acids is 3. The lowest BCUT2D eigenvalue weighted by Gasteiger charge is -2.31. The molecule has 3 aromatic carbocycles. The van der Waals surface area contributed by atoms with Crippen LogP contribution < -0.4 is 36.1 Å². The van der Waals surface area contributed by atoms with Gasteiger partial charge in [-0.1, -0.05) is 35.1 Å². The molecule has 0 spiro atoms. The number of aromatic nitrogens is 9. The van der Waals surface area contributed by atoms with E-state index in [1.54, 1.807) is 60.2 Å². The monoisotopic (exact) mass is 1600 g/mol. The Hall–Kier alpha value is -7.17. The molecule has 0 unspecified atom stereocenters. The van der Waals surface area contributed by atoms with E-state index >= 15 is 0 Å². The number of carbonyl (C=O) groups is 3. The molecule has 0 radical (unpaired) electrons. The number of halogens is 3. The van der Waals surface area contributed by atoms with Gasteiger partial charge in [0.25, 0.3) is 0 Å². The fourth-order valence-corrected chi connectivity index (χ4v) is 17.4. The smallest absolute Gasteiger partial charge is 0.248 e. The number of fused-ring (bicyclic) bond motifs is 6. The molecular weight excluding hydrogens is 1530 g/mol. The summed E-state index contributed by atoms with van der Waals surface area (Å²) in [5.74, 6) is 6.00. The quantitative estimate of drug-likeness (QED) is 0.0486. The van der Waals surface area contributed by atoms with Crippen LogP contribution in [0.5, 0.6) is 23.0 Å². The number of hydrogen-bond acceptors (Lipinski definition) is 21. The highest BCUT2D eigenvalue weighted by Crippen LogP contribution is 2.45. The molecule has 3 amide bonds. The Morgan fingerprint density at radius 2 is 0.990 bits per heavy atom. The van der Waals surface area contributed by atoms with Crippen molar-refractivity contribution in [3.8, 4) is 23.0 Å². The number of anilines is 3. The number of nitrogens with two attached hydrogens (primary N) is 3. The number of imidazole rings is 3. The number of ether oxygens (including phenoxy) is 4. The molecule has 7 N–H and O–H groups in total. The molecule has 0 atom stereocenters. The number of aliphatic hydroxyl groups is 1. The van der Waals surface area contributed by atoms with E-state index in [9.17, 15) is 14.4 Å². The average Bonchev–Trinajstić information content (AvgIpc) is 1.65. The van der Waals surface area contributed by atoms with E-state index in [2.05, 4.69) is 73.8 Å². The SMILES string of the molecule is CC(=O)N1CCC(CCn2c(Sc3cc4c(cc3I)OCO4)nc3c(N)nccc32)CC1.Nc1nccc2c1nc(Sc1cc3c(cc1I)OCO3)n2CCC1CCN(C=O)CC1.Nc1nccc2c1nc(Sc1cc3occc3cc1Cl)n2CCC1CCN(C(=O)CO)CC1. The minimum atomic E-state index is -0.423. The summed E-state index contributed by atoms with van der Waals surface area (Å²) in [5, 5.41) is 13.3. The number of nitrogen functional groups attached to an aromatic ring is 3. The van der Waals surface area contributed by atoms with Crippen LogP contribution in [0.15, 0.2) is 120 Å². The van der Waals surface area contributed by atoms with Gasteiger partial charge in [0.05, 0.1) is 27.8 Å². The molecule has 3 fully saturated rings. The summed E-state index contributed by atoms with van der Waals surface area (Å²) in [4.78, 5) is 70.0. The Balaban J connectivity index is 0.000000130. The highest BCUT2D eigenvalue weighted by Gasteiger charge is 2.28. The molecule has 15 rings (SSSR count). The van der Waals surface area contributed by atoms with Gasteiger partial charge in [0.15, 0.2) is 55.9 Å². The number of furan rings is 1. The number of hydrogen-bond donors (Lipinski definition) is 4. The van der Waals surface area contributed by atoms with Gasteiger partial charge in [-0.15, -0.1) is 0 Å². The van der Waals surface area contributed by atoms with Crippen LogP contribution in [0.2, 0.25) is 5.02 Å². The van der Waals surface area contributed by atoms with Gasteiger partial charge in [0.2, 0.25) is 31.8 Å². The van der Waals surface area contributed by atoms with Crippen LogP contribution in [0.4, 0.5) is 17.5 Å². The van der Waals surface area contributed by atoms with E-state index in [1.807, 2.05) is 70.5 Å². The molecule has 10 aromatic rings. The van der Waals surface area contributed by atoms with Gasteiger partial charge in [0, 0.05) is 112 Å². The molecule has 12 heterocycles. The fraction of sp³-hybridized carbons (Fsp3) is 0.379. The molecule has 3 saturated heterocycles. The van der Waals surface area contributed by atoms with Crippen molar-refractivity contribution in [2.24, 2.45) is 17.8 Å². The predicted octanol–water partition coefficient (Wildman–Crippen LogP) is 12.1. The van der Waals surface area contributed by atoms with Crippen molar-refractivity contribution in [2.75, 3.05) is 76.7 Å². The Labute approximate surface area is 597 Å². The number of pyridine rings is 3. The third-order valence-corrected chi connectivity index (χ3v) is 24.3. The number of likely N-dealkylation sites (tertiary alicyclic amines) is 3. The van der Waals surface area contributed by atoms with Gasteiger partial charge < -0.3 is 74.1 Å². The first-order valence-electron chi connectivity index (χ1n) is 31.7. The van der Waals surface area contributed by atoms with Gasteiger partial charge >= 0.3 is 0 Å². The third kappa shape index (κ3) is 15.1. The Kier molecular flexibility index (Phi) is 21.3. The van der Waals surface area contributed by atoms with E-state index in [0.29, 0.717) is 58.8 Å². The Morgan fingerprint density at radius 3 is 1.41 bits per heavy atom. The van der Waals surface area contributed by atoms with Crippen LogP contribution in [0, 0.1) is 24.9 Å². The Morgan fingerprint density at radius 1 is 0.583 bits per heavy atom. The summed E-state index contributed by atoms with van der Waals surface area (Å²) in [6.07, 6.45) is 16.8. The highest BCUT2D eigenvalue weighted by molar-refractivity contribution is 14.1. The largest absolute Gasteiger partial charge is 0.464 e. The highest BCUT2D eigenvalue weighted by atomic mass is 127. The van der Waals surface area contributed by atoms with E-state index in [4.69, 9.17) is 72.2 Å². The lowest BCUT2D eigenvalue weighted by molar-refractivity contribution is -0.135. The topological polar surface area (TPSA) is 301 Å². The maximum absolute atomic E-state index is 11.7. The summed E-state index contributed by atoms with van der Waals surface area (Å²) < 4.78 is 36.5. The molecular formula is C66H70ClI2N15O9S3. The summed E-state index contributed by atoms with van der Waals surface area (Å²) in [6, 6.07) is 19.6. The molecule has 7 aromatic heterocycles. The van der Waals surface area contributed by atoms with Crippen molar-refractivity contribution in [1.29, 1.82) is 0 Å². The van der Waals surface area contributed by atoms with E-state index < -0.39 is 6.61 Å². The van der Waals surface area contributed by atoms with Crippen LogP contribution in [0.25, 0.3) is 44.1 Å². The first-order chi connectivity index (χ1) is 46.6. The summed E-state index contributed by atoms with van der Waals surface area (Å²) in [5.41, 5.74) is 24.3. The number of amides is 3. The molecule has 5 aliphatic heterocycles. The molecule has 96 heavy (non-hydrogen) atoms. The first kappa shape index (κ1) is 67.4. The second kappa shape index (κ2) is 30.3. The number of rotatable bonds is 17. The number of aliphatic hydroxyl groups excluding tert-OH is 1. The summed E-state index contributed by atoms with van der Waals surface area (Å²) >= 11 is 15.9. The standard InChI is InChI=1S/C23H24ClN5O3S.C22H24IN5O3S.C21H22IN5O3S/c24-16-11-15-5-10-32-18(15)12-19(16)33-23-27-21-17(1-6-26-22(21)25)29(23)9-4-14-2-7-28(8-3-14)20(31)13-30;1-13(29)27-7-3-14(4-8-27)5-9-28-16-2-6-25-21(24)20(16)26-22(28)32-19-11-18-17(10-15(19)23)30-12-31-18;22-14-9-16-17(30-12-29-16)10-18(14)31-21-25-19-15(1-5-24-20(19)23)27(21)8-4-13-2-6-26(11-28)7-3-13/h1,5-6,10-12,14,30H,2-4,7-9,13H2,(H2,25,26);2,6,10-11,14H,3-5,7-9,12H2,1H3,(H2,24,25);1,5,9-11,13H,2-4,6-8,12H2,(H2,23,24). The number of benzene rings is 3. The minimum Gasteiger partial charge on any atom is -0.464 e. The van der Waals surface area contributed by atoms with Gasteiger partial charge in [-0.05, 0) is 193 Å². The van der Waals surface area contributed by atoms with Crippen molar-refractivity contribution < 1.29 is 42.9 Å². The second-order valence-electron chi connectivity index (χ2n) is 24.0. The van der Waals surface area contributed by atoms with Crippen LogP contribution >= 0.6 is 92.1 Å². The zero-order chi connectivity index (χ0) is 66.6. The van der Waals surface area contributed by atoms with Gasteiger partial charge in [0.1, 0.15) is 28.7 Å². The molecule has 0 bridgehead atoms. The Bertz CT molecular complexity index is 4510. The number of aryl methyl sites for hydroxylation is 3. The van der Waals surface area contributed by atoms with Crippen LogP contribution in [0.1, 0.15) is 64.7 Å². The molecule has 24 nitrogen and oxygen atoms in total. The zero-order valence-corrected chi connectivity index (χ0v) is 59.9. The van der Waals surface area contributed by atoms with Gasteiger partial charge in [-0.25, -0.2) is 29.9 Å². The van der Waals surface area contributed by atoms with Crippen molar-refractivity contribution in [3.63, 3.8) is 0 Å². The molecule has 0 aliphatic carbocycles. The second-order valence-corrected chi connectivity index (χ2v) is 29.8. The van der Waals surface area contributed by atoms with Crippen LogP contribution in [0.3, 0.4) is 0 Å². The minimum absolute atomic E-state index is 0.170. The molecule has 502 valence electrons.